The second-order valence-corrected chi connectivity index (χ2v) is 2.48. The van der Waals surface area contributed by atoms with Crippen LogP contribution in [0.4, 0.5) is 0 Å². The summed E-state index contributed by atoms with van der Waals surface area (Å²) in [5.41, 5.74) is -1.02. The van der Waals surface area contributed by atoms with E-state index in [1.165, 1.54) is 6.92 Å². The van der Waals surface area contributed by atoms with Crippen LogP contribution in [0.3, 0.4) is 0 Å². The lowest BCUT2D eigenvalue weighted by atomic mass is 10.1. The molecule has 4 nitrogen and oxygen atoms in total. The number of hydrogen-bond donors (Lipinski definition) is 3. The molecule has 4 heteroatoms. The molecule has 0 aliphatic carbocycles. The van der Waals surface area contributed by atoms with Crippen molar-refractivity contribution in [2.45, 2.75) is 12.5 Å². The van der Waals surface area contributed by atoms with E-state index in [0.29, 0.717) is 0 Å². The van der Waals surface area contributed by atoms with Gasteiger partial charge in [0.05, 0.1) is 18.8 Å². The topological polar surface area (TPSA) is 69.6 Å². The molecule has 0 bridgehead atoms. The van der Waals surface area contributed by atoms with Gasteiger partial charge in [0.15, 0.2) is 0 Å². The van der Waals surface area contributed by atoms with Crippen molar-refractivity contribution in [2.24, 2.45) is 0 Å². The van der Waals surface area contributed by atoms with Gasteiger partial charge in [-0.15, -0.1) is 6.42 Å². The Hall–Kier alpha value is -1.05. The van der Waals surface area contributed by atoms with Crippen LogP contribution in [0.2, 0.25) is 0 Å². The summed E-state index contributed by atoms with van der Waals surface area (Å²) in [7, 11) is 0. The maximum absolute atomic E-state index is 10.6. The zero-order valence-electron chi connectivity index (χ0n) is 6.29. The number of aliphatic hydroxyl groups excluding tert-OH is 2. The monoisotopic (exact) mass is 157 g/mol. The Bertz CT molecular complexity index is 179. The van der Waals surface area contributed by atoms with E-state index in [9.17, 15) is 4.79 Å². The fourth-order valence-electron chi connectivity index (χ4n) is 0.439. The van der Waals surface area contributed by atoms with E-state index in [1.54, 1.807) is 0 Å². The predicted molar refractivity (Wildman–Crippen MR) is 39.6 cm³/mol. The van der Waals surface area contributed by atoms with Gasteiger partial charge in [0, 0.05) is 0 Å². The highest BCUT2D eigenvalue weighted by Crippen LogP contribution is 1.99. The molecule has 3 N–H and O–H groups in total. The van der Waals surface area contributed by atoms with Gasteiger partial charge >= 0.3 is 0 Å². The van der Waals surface area contributed by atoms with Gasteiger partial charge in [0.1, 0.15) is 0 Å². The maximum atomic E-state index is 10.6. The maximum Gasteiger partial charge on any atom is 0.296 e. The van der Waals surface area contributed by atoms with Crippen LogP contribution >= 0.6 is 0 Å². The number of hydrogen-bond acceptors (Lipinski definition) is 3. The standard InChI is InChI=1S/C7H11NO3/c1-3-6(11)8-7(2,4-9)5-10/h1,9-10H,4-5H2,2H3,(H,8,11). The van der Waals surface area contributed by atoms with E-state index in [4.69, 9.17) is 16.6 Å². The van der Waals surface area contributed by atoms with Gasteiger partial charge in [-0.05, 0) is 12.8 Å². The number of carbonyl (C=O) groups excluding carboxylic acids is 1. The molecule has 0 rings (SSSR count). The lowest BCUT2D eigenvalue weighted by molar-refractivity contribution is -0.118. The van der Waals surface area contributed by atoms with Crippen molar-refractivity contribution >= 4 is 5.91 Å². The molecule has 0 aromatic heterocycles. The summed E-state index contributed by atoms with van der Waals surface area (Å²) in [6.45, 7) is 0.788. The van der Waals surface area contributed by atoms with Crippen molar-refractivity contribution in [3.05, 3.63) is 0 Å². The molecule has 0 saturated carbocycles. The Morgan fingerprint density at radius 3 is 2.36 bits per heavy atom. The molecule has 0 aromatic carbocycles. The summed E-state index contributed by atoms with van der Waals surface area (Å²) in [6, 6.07) is 0. The van der Waals surface area contributed by atoms with Crippen LogP contribution in [0, 0.1) is 12.3 Å². The van der Waals surface area contributed by atoms with Crippen molar-refractivity contribution in [2.75, 3.05) is 13.2 Å². The van der Waals surface area contributed by atoms with Gasteiger partial charge in [-0.2, -0.15) is 0 Å². The number of rotatable bonds is 3. The van der Waals surface area contributed by atoms with E-state index in [2.05, 4.69) is 5.32 Å². The van der Waals surface area contributed by atoms with E-state index < -0.39 is 11.4 Å². The van der Waals surface area contributed by atoms with Gasteiger partial charge in [-0.3, -0.25) is 4.79 Å². The van der Waals surface area contributed by atoms with Crippen LogP contribution in [0.15, 0.2) is 0 Å². The van der Waals surface area contributed by atoms with Crippen LogP contribution < -0.4 is 5.32 Å². The first-order chi connectivity index (χ1) is 5.08. The van der Waals surface area contributed by atoms with Crippen LogP contribution in [0.5, 0.6) is 0 Å². The molecule has 0 spiro atoms. The van der Waals surface area contributed by atoms with Gasteiger partial charge in [0.2, 0.25) is 0 Å². The molecule has 0 aromatic rings. The minimum absolute atomic E-state index is 0.350. The number of amides is 1. The molecule has 0 fully saturated rings. The van der Waals surface area contributed by atoms with Crippen LogP contribution in [-0.4, -0.2) is 34.9 Å². The minimum Gasteiger partial charge on any atom is -0.394 e. The third-order valence-electron chi connectivity index (χ3n) is 1.24. The number of aliphatic hydroxyl groups is 2. The van der Waals surface area contributed by atoms with Gasteiger partial charge < -0.3 is 15.5 Å². The fourth-order valence-corrected chi connectivity index (χ4v) is 0.439. The van der Waals surface area contributed by atoms with Gasteiger partial charge in [-0.1, -0.05) is 0 Å². The molecule has 62 valence electrons. The molecule has 0 aliphatic heterocycles. The first-order valence-corrected chi connectivity index (χ1v) is 3.08. The second kappa shape index (κ2) is 3.96. The molecule has 0 saturated heterocycles. The van der Waals surface area contributed by atoms with Crippen molar-refractivity contribution in [3.8, 4) is 12.3 Å². The average Bonchev–Trinajstić information content (AvgIpc) is 2.04. The van der Waals surface area contributed by atoms with Crippen molar-refractivity contribution in [1.82, 2.24) is 5.32 Å². The third-order valence-corrected chi connectivity index (χ3v) is 1.24. The Morgan fingerprint density at radius 2 is 2.09 bits per heavy atom. The average molecular weight is 157 g/mol. The van der Waals surface area contributed by atoms with Crippen LogP contribution in [0.25, 0.3) is 0 Å². The first kappa shape index (κ1) is 9.95. The molecule has 0 radical (unpaired) electrons. The Kier molecular flexibility index (Phi) is 3.58. The number of terminal acetylenes is 1. The van der Waals surface area contributed by atoms with E-state index >= 15 is 0 Å². The molecule has 0 heterocycles. The van der Waals surface area contributed by atoms with Crippen LogP contribution in [-0.2, 0) is 4.79 Å². The number of nitrogens with one attached hydrogen (secondary N) is 1. The summed E-state index contributed by atoms with van der Waals surface area (Å²) in [4.78, 5) is 10.6. The highest BCUT2D eigenvalue weighted by Gasteiger charge is 2.23. The third kappa shape index (κ3) is 3.03. The van der Waals surface area contributed by atoms with Crippen molar-refractivity contribution in [1.29, 1.82) is 0 Å². The Balaban J connectivity index is 4.10. The van der Waals surface area contributed by atoms with E-state index in [-0.39, 0.29) is 13.2 Å². The minimum atomic E-state index is -1.02. The van der Waals surface area contributed by atoms with Crippen LogP contribution in [0.1, 0.15) is 6.92 Å². The predicted octanol–water partition coefficient (Wildman–Crippen LogP) is -1.52. The molecule has 0 atom stereocenters. The molecular formula is C7H11NO3. The lowest BCUT2D eigenvalue weighted by Gasteiger charge is -2.24. The van der Waals surface area contributed by atoms with Crippen molar-refractivity contribution < 1.29 is 15.0 Å². The second-order valence-electron chi connectivity index (χ2n) is 2.48. The molecule has 11 heavy (non-hydrogen) atoms. The van der Waals surface area contributed by atoms with E-state index in [1.807, 2.05) is 5.92 Å². The fraction of sp³-hybridized carbons (Fsp3) is 0.571. The summed E-state index contributed by atoms with van der Waals surface area (Å²) < 4.78 is 0. The molecule has 0 aliphatic rings. The Labute approximate surface area is 65.2 Å². The first-order valence-electron chi connectivity index (χ1n) is 3.08. The smallest absolute Gasteiger partial charge is 0.296 e. The number of carbonyl (C=O) groups is 1. The van der Waals surface area contributed by atoms with Crippen molar-refractivity contribution in [3.63, 3.8) is 0 Å². The summed E-state index contributed by atoms with van der Waals surface area (Å²) in [5, 5.41) is 19.6. The Morgan fingerprint density at radius 1 is 1.64 bits per heavy atom. The summed E-state index contributed by atoms with van der Waals surface area (Å²) in [5.74, 6) is 1.17. The van der Waals surface area contributed by atoms with Gasteiger partial charge in [0.25, 0.3) is 5.91 Å². The lowest BCUT2D eigenvalue weighted by Crippen LogP contribution is -2.51. The quantitative estimate of drug-likeness (QED) is 0.436. The molecule has 1 amide bonds. The summed E-state index contributed by atoms with van der Waals surface area (Å²) in [6.07, 6.45) is 4.76. The molecular weight excluding hydrogens is 146 g/mol. The zero-order chi connectivity index (χ0) is 8.91. The van der Waals surface area contributed by atoms with E-state index in [0.717, 1.165) is 0 Å². The summed E-state index contributed by atoms with van der Waals surface area (Å²) >= 11 is 0. The largest absolute Gasteiger partial charge is 0.394 e. The normalized spacial score (nSPS) is 10.4. The molecule has 0 unspecified atom stereocenters. The highest BCUT2D eigenvalue weighted by molar-refractivity contribution is 5.93. The van der Waals surface area contributed by atoms with Gasteiger partial charge in [-0.25, -0.2) is 0 Å². The SMILES string of the molecule is C#CC(=O)NC(C)(CO)CO. The zero-order valence-corrected chi connectivity index (χ0v) is 6.29. The highest BCUT2D eigenvalue weighted by atomic mass is 16.3.